The Balaban J connectivity index is 4.55. The number of carbonyl (C=O) groups is 3. The summed E-state index contributed by atoms with van der Waals surface area (Å²) >= 11 is 0. The smallest absolute Gasteiger partial charge is 0.306 e. The van der Waals surface area contributed by atoms with Gasteiger partial charge in [0.1, 0.15) is 13.2 Å². The van der Waals surface area contributed by atoms with Crippen LogP contribution in [0.25, 0.3) is 0 Å². The lowest BCUT2D eigenvalue weighted by Gasteiger charge is -2.18. The van der Waals surface area contributed by atoms with E-state index in [0.717, 1.165) is 154 Å². The van der Waals surface area contributed by atoms with E-state index in [4.69, 9.17) is 14.2 Å². The minimum Gasteiger partial charge on any atom is -0.462 e. The van der Waals surface area contributed by atoms with Crippen molar-refractivity contribution in [1.29, 1.82) is 0 Å². The first kappa shape index (κ1) is 69.5. The molecule has 0 bridgehead atoms. The van der Waals surface area contributed by atoms with Crippen molar-refractivity contribution in [2.45, 2.75) is 219 Å². The number of carbonyl (C=O) groups excluding carboxylic acids is 3. The predicted molar refractivity (Wildman–Crippen MR) is 324 cm³/mol. The molecule has 0 aromatic carbocycles. The van der Waals surface area contributed by atoms with Crippen LogP contribution in [0.15, 0.2) is 182 Å². The average molecular weight is 1030 g/mol. The molecule has 6 heteroatoms. The third-order valence-electron chi connectivity index (χ3n) is 11.4. The maximum atomic E-state index is 12.8. The number of hydrogen-bond acceptors (Lipinski definition) is 6. The maximum Gasteiger partial charge on any atom is 0.306 e. The number of hydrogen-bond donors (Lipinski definition) is 0. The first-order chi connectivity index (χ1) is 37.0. The Labute approximate surface area is 459 Å². The van der Waals surface area contributed by atoms with Crippen LogP contribution >= 0.6 is 0 Å². The highest BCUT2D eigenvalue weighted by Gasteiger charge is 2.19. The Bertz CT molecular complexity index is 1800. The summed E-state index contributed by atoms with van der Waals surface area (Å²) in [6.07, 6.45) is 91.8. The van der Waals surface area contributed by atoms with Crippen LogP contribution in [0.5, 0.6) is 0 Å². The molecule has 0 spiro atoms. The minimum absolute atomic E-state index is 0.136. The molecular formula is C69H104O6. The van der Waals surface area contributed by atoms with Crippen LogP contribution in [-0.4, -0.2) is 37.2 Å². The van der Waals surface area contributed by atoms with Gasteiger partial charge in [-0.15, -0.1) is 0 Å². The van der Waals surface area contributed by atoms with Crippen molar-refractivity contribution < 1.29 is 28.6 Å². The molecule has 0 fully saturated rings. The Morgan fingerprint density at radius 2 is 0.507 bits per heavy atom. The molecule has 6 nitrogen and oxygen atoms in total. The fraction of sp³-hybridized carbons (Fsp3) is 0.522. The van der Waals surface area contributed by atoms with Crippen molar-refractivity contribution in [1.82, 2.24) is 0 Å². The van der Waals surface area contributed by atoms with E-state index in [1.165, 1.54) is 12.8 Å². The lowest BCUT2D eigenvalue weighted by atomic mass is 10.1. The van der Waals surface area contributed by atoms with Crippen LogP contribution in [0.3, 0.4) is 0 Å². The number of unbranched alkanes of at least 4 members (excludes halogenated alkanes) is 9. The molecule has 0 aromatic rings. The first-order valence-corrected chi connectivity index (χ1v) is 29.3. The molecule has 1 unspecified atom stereocenters. The van der Waals surface area contributed by atoms with Crippen molar-refractivity contribution >= 4 is 17.9 Å². The Morgan fingerprint density at radius 1 is 0.267 bits per heavy atom. The topological polar surface area (TPSA) is 78.9 Å². The van der Waals surface area contributed by atoms with E-state index in [-0.39, 0.29) is 31.6 Å². The molecule has 0 radical (unpaired) electrons. The first-order valence-electron chi connectivity index (χ1n) is 29.3. The minimum atomic E-state index is -0.848. The highest BCUT2D eigenvalue weighted by molar-refractivity contribution is 5.71. The van der Waals surface area contributed by atoms with Crippen molar-refractivity contribution in [2.75, 3.05) is 13.2 Å². The lowest BCUT2D eigenvalue weighted by molar-refractivity contribution is -0.166. The van der Waals surface area contributed by atoms with Gasteiger partial charge in [-0.05, 0) is 141 Å². The van der Waals surface area contributed by atoms with E-state index < -0.39 is 12.1 Å². The highest BCUT2D eigenvalue weighted by atomic mass is 16.6. The summed E-state index contributed by atoms with van der Waals surface area (Å²) in [5.41, 5.74) is 0. The summed E-state index contributed by atoms with van der Waals surface area (Å²) in [5.74, 6) is -1.08. The molecule has 0 N–H and O–H groups in total. The van der Waals surface area contributed by atoms with Crippen molar-refractivity contribution in [3.63, 3.8) is 0 Å². The normalized spacial score (nSPS) is 13.5. The van der Waals surface area contributed by atoms with Gasteiger partial charge in [0.2, 0.25) is 0 Å². The predicted octanol–water partition coefficient (Wildman–Crippen LogP) is 20.1. The molecule has 0 heterocycles. The molecule has 0 aliphatic rings. The van der Waals surface area contributed by atoms with Gasteiger partial charge in [0.05, 0.1) is 0 Å². The second kappa shape index (κ2) is 61.1. The zero-order valence-electron chi connectivity index (χ0n) is 47.5. The van der Waals surface area contributed by atoms with Gasteiger partial charge in [-0.3, -0.25) is 14.4 Å². The van der Waals surface area contributed by atoms with E-state index in [0.29, 0.717) is 19.3 Å². The van der Waals surface area contributed by atoms with Crippen molar-refractivity contribution in [2.24, 2.45) is 0 Å². The third-order valence-corrected chi connectivity index (χ3v) is 11.4. The van der Waals surface area contributed by atoms with E-state index in [1.54, 1.807) is 0 Å². The molecule has 75 heavy (non-hydrogen) atoms. The maximum absolute atomic E-state index is 12.8. The van der Waals surface area contributed by atoms with Gasteiger partial charge in [-0.2, -0.15) is 0 Å². The number of rotatable bonds is 50. The Hall–Kier alpha value is -5.49. The van der Waals surface area contributed by atoms with Gasteiger partial charge in [0.15, 0.2) is 6.10 Å². The number of esters is 3. The fourth-order valence-corrected chi connectivity index (χ4v) is 7.13. The van der Waals surface area contributed by atoms with Crippen LogP contribution in [0.1, 0.15) is 213 Å². The second-order valence-corrected chi connectivity index (χ2v) is 18.4. The van der Waals surface area contributed by atoms with Crippen molar-refractivity contribution in [3.8, 4) is 0 Å². The molecular weight excluding hydrogens is 925 g/mol. The monoisotopic (exact) mass is 1030 g/mol. The van der Waals surface area contributed by atoms with Crippen LogP contribution in [0.4, 0.5) is 0 Å². The zero-order valence-corrected chi connectivity index (χ0v) is 47.5. The van der Waals surface area contributed by atoms with E-state index in [2.05, 4.69) is 191 Å². The molecule has 0 saturated carbocycles. The summed E-state index contributed by atoms with van der Waals surface area (Å²) in [5, 5.41) is 0. The summed E-state index contributed by atoms with van der Waals surface area (Å²) < 4.78 is 16.7. The molecule has 0 saturated heterocycles. The van der Waals surface area contributed by atoms with Crippen LogP contribution in [-0.2, 0) is 28.6 Å². The van der Waals surface area contributed by atoms with E-state index in [9.17, 15) is 14.4 Å². The number of allylic oxidation sites excluding steroid dienone is 30. The Kier molecular flexibility index (Phi) is 56.6. The Morgan fingerprint density at radius 3 is 0.813 bits per heavy atom. The van der Waals surface area contributed by atoms with Crippen molar-refractivity contribution in [3.05, 3.63) is 182 Å². The van der Waals surface area contributed by atoms with E-state index in [1.807, 2.05) is 12.2 Å². The molecule has 416 valence electrons. The van der Waals surface area contributed by atoms with Gasteiger partial charge in [-0.25, -0.2) is 0 Å². The average Bonchev–Trinajstić information content (AvgIpc) is 3.41. The summed E-state index contributed by atoms with van der Waals surface area (Å²) in [7, 11) is 0. The summed E-state index contributed by atoms with van der Waals surface area (Å²) in [4.78, 5) is 38.2. The molecule has 1 atom stereocenters. The molecule has 0 amide bonds. The van der Waals surface area contributed by atoms with Gasteiger partial charge in [-0.1, -0.05) is 235 Å². The summed E-state index contributed by atoms with van der Waals surface area (Å²) in [6, 6.07) is 0. The summed E-state index contributed by atoms with van der Waals surface area (Å²) in [6.45, 7) is 6.17. The zero-order chi connectivity index (χ0) is 54.3. The molecule has 0 rings (SSSR count). The molecule has 0 aliphatic carbocycles. The molecule has 0 aliphatic heterocycles. The standard InChI is InChI=1S/C69H104O6/c1-4-7-10-13-16-19-22-25-27-29-31-32-33-34-35-36-38-39-41-44-47-50-53-56-59-62-68(71)74-65-66(64-73-67(70)61-58-55-52-49-46-43-24-21-18-15-12-9-6-3)75-69(72)63-60-57-54-51-48-45-42-40-37-30-28-26-23-20-17-14-11-8-5-2/h7-12,16-21,25-28,31-32,34-35,37-40,43,45-46,48,54,57,66H,4-6,13-15,22-24,29-30,33,36,41-42,44,47,49-53,55-56,58-65H2,1-3H3/b10-7-,11-8-,12-9-,19-16-,20-17-,21-18-,27-25-,28-26-,32-31-,35-34-,39-38-,40-37-,46-43-,48-45-,57-54-. The van der Waals surface area contributed by atoms with Gasteiger partial charge in [0.25, 0.3) is 0 Å². The number of ether oxygens (including phenoxy) is 3. The fourth-order valence-electron chi connectivity index (χ4n) is 7.13. The quantitative estimate of drug-likeness (QED) is 0.0261. The van der Waals surface area contributed by atoms with Gasteiger partial charge >= 0.3 is 17.9 Å². The third kappa shape index (κ3) is 59.3. The van der Waals surface area contributed by atoms with Crippen LogP contribution in [0, 0.1) is 0 Å². The SMILES string of the molecule is CC/C=C\C/C=C\C/C=C\C/C=C\C/C=C\C/C=C\CCCCCCCCC(=O)OCC(COC(=O)CCCCC/C=C\C/C=C\C/C=C\CC)OC(=O)CC/C=C\C/C=C\C/C=C\C/C=C\C/C=C\C/C=C\CC. The van der Waals surface area contributed by atoms with Crippen LogP contribution < -0.4 is 0 Å². The van der Waals surface area contributed by atoms with Gasteiger partial charge in [0, 0.05) is 19.3 Å². The highest BCUT2D eigenvalue weighted by Crippen LogP contribution is 2.12. The second-order valence-electron chi connectivity index (χ2n) is 18.4. The largest absolute Gasteiger partial charge is 0.462 e. The van der Waals surface area contributed by atoms with Crippen LogP contribution in [0.2, 0.25) is 0 Å². The molecule has 0 aromatic heterocycles. The lowest BCUT2D eigenvalue weighted by Crippen LogP contribution is -2.30. The van der Waals surface area contributed by atoms with E-state index >= 15 is 0 Å². The van der Waals surface area contributed by atoms with Gasteiger partial charge < -0.3 is 14.2 Å².